The van der Waals surface area contributed by atoms with Gasteiger partial charge in [-0.25, -0.2) is 9.37 Å². The number of anilines is 2. The highest BCUT2D eigenvalue weighted by Crippen LogP contribution is 2.36. The topological polar surface area (TPSA) is 110 Å². The van der Waals surface area contributed by atoms with Crippen molar-refractivity contribution in [2.45, 2.75) is 6.92 Å². The van der Waals surface area contributed by atoms with Gasteiger partial charge >= 0.3 is 0 Å². The second-order valence-electron chi connectivity index (χ2n) is 7.25. The molecule has 0 fully saturated rings. The van der Waals surface area contributed by atoms with Crippen molar-refractivity contribution >= 4 is 39.3 Å². The summed E-state index contributed by atoms with van der Waals surface area (Å²) in [5, 5.41) is 18.8. The molecule has 0 spiro atoms. The van der Waals surface area contributed by atoms with Crippen LogP contribution in [0.2, 0.25) is 0 Å². The van der Waals surface area contributed by atoms with Gasteiger partial charge in [0.05, 0.1) is 11.1 Å². The van der Waals surface area contributed by atoms with Gasteiger partial charge in [-0.15, -0.1) is 0 Å². The van der Waals surface area contributed by atoms with Gasteiger partial charge in [-0.05, 0) is 31.2 Å². The number of benzene rings is 3. The van der Waals surface area contributed by atoms with Crippen LogP contribution in [0.25, 0.3) is 11.3 Å². The number of nitrogens with zero attached hydrogens (tertiary/aromatic N) is 3. The maximum Gasteiger partial charge on any atom is 0.270 e. The van der Waals surface area contributed by atoms with E-state index in [1.54, 1.807) is 12.1 Å². The average molecular weight is 476 g/mol. The number of hydrogen-bond donors (Lipinski definition) is 2. The van der Waals surface area contributed by atoms with Gasteiger partial charge in [-0.1, -0.05) is 53.3 Å². The first-order valence-corrected chi connectivity index (χ1v) is 10.9. The normalized spacial score (nSPS) is 10.9. The fourth-order valence-electron chi connectivity index (χ4n) is 3.02. The second kappa shape index (κ2) is 10.0. The quantitative estimate of drug-likeness (QED) is 0.198. The first-order chi connectivity index (χ1) is 16.4. The SMILES string of the molecule is Cc1ccc(-c2nc(N/N=C/c3cccc([N+](=O)[O-])c3)sc2NC(=O)c2ccc(F)cc2)cc1. The molecule has 2 N–H and O–H groups in total. The van der Waals surface area contributed by atoms with Crippen LogP contribution >= 0.6 is 11.3 Å². The summed E-state index contributed by atoms with van der Waals surface area (Å²) in [6, 6.07) is 19.0. The molecule has 4 rings (SSSR count). The molecular formula is C24H18FN5O3S. The molecule has 10 heteroatoms. The van der Waals surface area contributed by atoms with Crippen molar-refractivity contribution in [3.8, 4) is 11.3 Å². The summed E-state index contributed by atoms with van der Waals surface area (Å²) in [5.41, 5.74) is 6.05. The van der Waals surface area contributed by atoms with Crippen molar-refractivity contribution in [3.05, 3.63) is 105 Å². The highest BCUT2D eigenvalue weighted by molar-refractivity contribution is 7.20. The Kier molecular flexibility index (Phi) is 6.69. The molecule has 8 nitrogen and oxygen atoms in total. The van der Waals surface area contributed by atoms with E-state index in [0.29, 0.717) is 27.0 Å². The van der Waals surface area contributed by atoms with E-state index in [2.05, 4.69) is 20.8 Å². The van der Waals surface area contributed by atoms with E-state index in [9.17, 15) is 19.3 Å². The molecule has 0 atom stereocenters. The van der Waals surface area contributed by atoms with Gasteiger partial charge in [-0.3, -0.25) is 20.3 Å². The lowest BCUT2D eigenvalue weighted by atomic mass is 10.1. The van der Waals surface area contributed by atoms with E-state index in [4.69, 9.17) is 0 Å². The minimum atomic E-state index is -0.477. The van der Waals surface area contributed by atoms with Crippen LogP contribution < -0.4 is 10.7 Å². The molecule has 0 aliphatic rings. The zero-order valence-corrected chi connectivity index (χ0v) is 18.7. The third-order valence-electron chi connectivity index (χ3n) is 4.74. The maximum absolute atomic E-state index is 13.2. The molecule has 3 aromatic carbocycles. The van der Waals surface area contributed by atoms with E-state index in [1.807, 2.05) is 31.2 Å². The molecule has 0 radical (unpaired) electrons. The van der Waals surface area contributed by atoms with E-state index in [-0.39, 0.29) is 5.69 Å². The van der Waals surface area contributed by atoms with Crippen LogP contribution in [-0.2, 0) is 0 Å². The van der Waals surface area contributed by atoms with Crippen molar-refractivity contribution in [1.82, 2.24) is 4.98 Å². The monoisotopic (exact) mass is 475 g/mol. The van der Waals surface area contributed by atoms with Gasteiger partial charge in [-0.2, -0.15) is 5.10 Å². The van der Waals surface area contributed by atoms with Crippen LogP contribution in [0.4, 0.5) is 20.2 Å². The Morgan fingerprint density at radius 1 is 1.12 bits per heavy atom. The summed E-state index contributed by atoms with van der Waals surface area (Å²) in [4.78, 5) is 27.7. The number of aromatic nitrogens is 1. The van der Waals surface area contributed by atoms with Gasteiger partial charge < -0.3 is 5.32 Å². The molecule has 0 bridgehead atoms. The Hall–Kier alpha value is -4.44. The summed E-state index contributed by atoms with van der Waals surface area (Å²) in [7, 11) is 0. The number of carbonyl (C=O) groups excluding carboxylic acids is 1. The zero-order chi connectivity index (χ0) is 24.1. The Labute approximate surface area is 198 Å². The highest BCUT2D eigenvalue weighted by atomic mass is 32.1. The third kappa shape index (κ3) is 5.48. The van der Waals surface area contributed by atoms with Gasteiger partial charge in [0.25, 0.3) is 11.6 Å². The number of carbonyl (C=O) groups is 1. The minimum Gasteiger partial charge on any atom is -0.312 e. The summed E-state index contributed by atoms with van der Waals surface area (Å²) < 4.78 is 13.2. The van der Waals surface area contributed by atoms with E-state index in [1.165, 1.54) is 53.9 Å². The molecule has 1 aromatic heterocycles. The number of non-ortho nitro benzene ring substituents is 1. The molecule has 0 saturated carbocycles. The number of hydrazone groups is 1. The highest BCUT2D eigenvalue weighted by Gasteiger charge is 2.17. The largest absolute Gasteiger partial charge is 0.312 e. The number of nitrogens with one attached hydrogen (secondary N) is 2. The Morgan fingerprint density at radius 2 is 1.85 bits per heavy atom. The first kappa shape index (κ1) is 22.7. The lowest BCUT2D eigenvalue weighted by molar-refractivity contribution is -0.384. The molecule has 0 aliphatic carbocycles. The van der Waals surface area contributed by atoms with Crippen LogP contribution in [0, 0.1) is 22.9 Å². The summed E-state index contributed by atoms with van der Waals surface area (Å²) >= 11 is 1.18. The van der Waals surface area contributed by atoms with Gasteiger partial charge in [0.15, 0.2) is 0 Å². The fourth-order valence-corrected chi connectivity index (χ4v) is 3.85. The number of thiazole rings is 1. The maximum atomic E-state index is 13.2. The first-order valence-electron chi connectivity index (χ1n) is 10.1. The average Bonchev–Trinajstić information content (AvgIpc) is 3.22. The number of aryl methyl sites for hydroxylation is 1. The molecule has 1 amide bonds. The third-order valence-corrected chi connectivity index (χ3v) is 5.62. The van der Waals surface area contributed by atoms with E-state index in [0.717, 1.165) is 11.1 Å². The smallest absolute Gasteiger partial charge is 0.270 e. The Balaban J connectivity index is 1.59. The zero-order valence-electron chi connectivity index (χ0n) is 17.9. The van der Waals surface area contributed by atoms with Crippen LogP contribution in [-0.4, -0.2) is 22.0 Å². The second-order valence-corrected chi connectivity index (χ2v) is 8.24. The Bertz CT molecular complexity index is 1370. The van der Waals surface area contributed by atoms with Crippen molar-refractivity contribution in [1.29, 1.82) is 0 Å². The number of nitro groups is 1. The van der Waals surface area contributed by atoms with Crippen LogP contribution in [0.5, 0.6) is 0 Å². The minimum absolute atomic E-state index is 0.0364. The lowest BCUT2D eigenvalue weighted by Gasteiger charge is -2.06. The number of halogens is 1. The molecule has 0 saturated heterocycles. The molecule has 0 unspecified atom stereocenters. The molecule has 34 heavy (non-hydrogen) atoms. The van der Waals surface area contributed by atoms with Crippen molar-refractivity contribution < 1.29 is 14.1 Å². The van der Waals surface area contributed by atoms with Gasteiger partial charge in [0.1, 0.15) is 16.5 Å². The van der Waals surface area contributed by atoms with Gasteiger partial charge in [0, 0.05) is 28.8 Å². The van der Waals surface area contributed by atoms with E-state index < -0.39 is 16.6 Å². The van der Waals surface area contributed by atoms with Crippen LogP contribution in [0.15, 0.2) is 77.9 Å². The molecular weight excluding hydrogens is 457 g/mol. The van der Waals surface area contributed by atoms with Crippen molar-refractivity contribution in [2.75, 3.05) is 10.7 Å². The van der Waals surface area contributed by atoms with Crippen molar-refractivity contribution in [3.63, 3.8) is 0 Å². The molecule has 4 aromatic rings. The summed E-state index contributed by atoms with van der Waals surface area (Å²) in [6.07, 6.45) is 1.44. The Morgan fingerprint density at radius 3 is 2.56 bits per heavy atom. The predicted molar refractivity (Wildman–Crippen MR) is 131 cm³/mol. The molecule has 170 valence electrons. The molecule has 0 aliphatic heterocycles. The van der Waals surface area contributed by atoms with E-state index >= 15 is 0 Å². The number of rotatable bonds is 7. The van der Waals surface area contributed by atoms with Gasteiger partial charge in [0.2, 0.25) is 5.13 Å². The number of hydrogen-bond acceptors (Lipinski definition) is 7. The predicted octanol–water partition coefficient (Wildman–Crippen LogP) is 5.86. The lowest BCUT2D eigenvalue weighted by Crippen LogP contribution is -2.11. The van der Waals surface area contributed by atoms with Crippen LogP contribution in [0.3, 0.4) is 0 Å². The summed E-state index contributed by atoms with van der Waals surface area (Å²) in [5.74, 6) is -0.827. The standard InChI is InChI=1S/C24H18FN5O3S/c1-15-5-7-17(8-6-15)21-23(28-22(31)18-9-11-19(25)12-10-18)34-24(27-21)29-26-14-16-3-2-4-20(13-16)30(32)33/h2-14H,1H3,(H,27,29)(H,28,31)/b26-14+. The number of nitro benzene ring substituents is 1. The number of amides is 1. The van der Waals surface area contributed by atoms with Crippen molar-refractivity contribution in [2.24, 2.45) is 5.10 Å². The molecule has 1 heterocycles. The fraction of sp³-hybridized carbons (Fsp3) is 0.0417. The summed E-state index contributed by atoms with van der Waals surface area (Å²) in [6.45, 7) is 1.97. The van der Waals surface area contributed by atoms with Crippen LogP contribution in [0.1, 0.15) is 21.5 Å².